The molecule has 152 valence electrons. The Morgan fingerprint density at radius 1 is 0.933 bits per heavy atom. The molecule has 0 radical (unpaired) electrons. The number of hydrogen-bond donors (Lipinski definition) is 0. The molecule has 0 N–H and O–H groups in total. The molecular weight excluding hydrogens is 368 g/mol. The highest BCUT2D eigenvalue weighted by Gasteiger charge is 2.18. The van der Waals surface area contributed by atoms with Crippen LogP contribution in [0.2, 0.25) is 0 Å². The van der Waals surface area contributed by atoms with Crippen molar-refractivity contribution < 1.29 is 9.53 Å². The van der Waals surface area contributed by atoms with Crippen LogP contribution in [0, 0.1) is 5.92 Å². The number of allylic oxidation sites excluding steroid dienone is 2. The summed E-state index contributed by atoms with van der Waals surface area (Å²) in [5, 5.41) is 0. The number of hydrogen-bond acceptors (Lipinski definition) is 2. The molecule has 0 saturated carbocycles. The average molecular weight is 397 g/mol. The van der Waals surface area contributed by atoms with E-state index in [-0.39, 0.29) is 5.97 Å². The van der Waals surface area contributed by atoms with Crippen LogP contribution in [-0.2, 0) is 0 Å². The predicted octanol–water partition coefficient (Wildman–Crippen LogP) is 7.56. The summed E-state index contributed by atoms with van der Waals surface area (Å²) >= 11 is 0. The van der Waals surface area contributed by atoms with Gasteiger partial charge in [-0.3, -0.25) is 0 Å². The van der Waals surface area contributed by atoms with Crippen molar-refractivity contribution in [1.29, 1.82) is 0 Å². The van der Waals surface area contributed by atoms with Crippen molar-refractivity contribution in [2.45, 2.75) is 39.0 Å². The van der Waals surface area contributed by atoms with Gasteiger partial charge < -0.3 is 4.74 Å². The van der Waals surface area contributed by atoms with E-state index >= 15 is 0 Å². The van der Waals surface area contributed by atoms with Crippen molar-refractivity contribution >= 4 is 11.5 Å². The van der Waals surface area contributed by atoms with E-state index in [0.29, 0.717) is 11.3 Å². The SMILES string of the molecule is CCCC1CC=C(c2ccc(-c3ccccc3)c(OC(=O)c3ccccc3)c2)CC1. The Kier molecular flexibility index (Phi) is 6.44. The van der Waals surface area contributed by atoms with E-state index in [1.807, 2.05) is 54.6 Å². The fraction of sp³-hybridized carbons (Fsp3) is 0.250. The van der Waals surface area contributed by atoms with Crippen molar-refractivity contribution in [2.75, 3.05) is 0 Å². The number of rotatable bonds is 6. The summed E-state index contributed by atoms with van der Waals surface area (Å²) < 4.78 is 5.91. The lowest BCUT2D eigenvalue weighted by molar-refractivity contribution is 0.0735. The third-order valence-corrected chi connectivity index (χ3v) is 5.87. The summed E-state index contributed by atoms with van der Waals surface area (Å²) in [5.74, 6) is 1.09. The van der Waals surface area contributed by atoms with E-state index < -0.39 is 0 Å². The Morgan fingerprint density at radius 2 is 1.67 bits per heavy atom. The third kappa shape index (κ3) is 4.71. The standard InChI is InChI=1S/C28H28O2/c1-2-9-21-14-16-22(17-15-21)25-18-19-26(23-10-5-3-6-11-23)27(20-25)30-28(29)24-12-7-4-8-13-24/h3-8,10-13,16,18-21H,2,9,14-15,17H2,1H3. The number of ether oxygens (including phenoxy) is 1. The van der Waals surface area contributed by atoms with Crippen LogP contribution in [0.1, 0.15) is 54.9 Å². The largest absolute Gasteiger partial charge is 0.422 e. The molecule has 2 heteroatoms. The number of benzene rings is 3. The molecule has 1 atom stereocenters. The van der Waals surface area contributed by atoms with Crippen LogP contribution in [0.3, 0.4) is 0 Å². The van der Waals surface area contributed by atoms with Gasteiger partial charge in [-0.2, -0.15) is 0 Å². The van der Waals surface area contributed by atoms with Crippen LogP contribution in [0.25, 0.3) is 16.7 Å². The van der Waals surface area contributed by atoms with Crippen LogP contribution in [0.15, 0.2) is 84.9 Å². The third-order valence-electron chi connectivity index (χ3n) is 5.87. The molecule has 3 aromatic carbocycles. The van der Waals surface area contributed by atoms with E-state index in [4.69, 9.17) is 4.74 Å². The van der Waals surface area contributed by atoms with E-state index in [0.717, 1.165) is 35.4 Å². The Hall–Kier alpha value is -3.13. The predicted molar refractivity (Wildman–Crippen MR) is 124 cm³/mol. The highest BCUT2D eigenvalue weighted by molar-refractivity contribution is 5.92. The Balaban J connectivity index is 1.66. The lowest BCUT2D eigenvalue weighted by Crippen LogP contribution is -2.09. The van der Waals surface area contributed by atoms with Crippen molar-refractivity contribution in [2.24, 2.45) is 5.92 Å². The quantitative estimate of drug-likeness (QED) is 0.317. The molecule has 0 aliphatic heterocycles. The average Bonchev–Trinajstić information content (AvgIpc) is 2.81. The maximum Gasteiger partial charge on any atom is 0.343 e. The van der Waals surface area contributed by atoms with E-state index in [1.165, 1.54) is 24.8 Å². The van der Waals surface area contributed by atoms with Gasteiger partial charge in [-0.15, -0.1) is 0 Å². The van der Waals surface area contributed by atoms with E-state index in [2.05, 4.69) is 25.1 Å². The first-order valence-corrected chi connectivity index (χ1v) is 10.9. The maximum atomic E-state index is 12.8. The number of carbonyl (C=O) groups excluding carboxylic acids is 1. The zero-order chi connectivity index (χ0) is 20.8. The molecule has 4 rings (SSSR count). The first kappa shape index (κ1) is 20.2. The Morgan fingerprint density at radius 3 is 2.33 bits per heavy atom. The molecule has 30 heavy (non-hydrogen) atoms. The zero-order valence-electron chi connectivity index (χ0n) is 17.5. The first-order valence-electron chi connectivity index (χ1n) is 10.9. The van der Waals surface area contributed by atoms with Crippen LogP contribution in [0.4, 0.5) is 0 Å². The maximum absolute atomic E-state index is 12.8. The Labute approximate surface area is 179 Å². The number of carbonyl (C=O) groups is 1. The molecule has 0 spiro atoms. The van der Waals surface area contributed by atoms with Gasteiger partial charge in [0.25, 0.3) is 0 Å². The smallest absolute Gasteiger partial charge is 0.343 e. The van der Waals surface area contributed by atoms with Crippen LogP contribution < -0.4 is 4.74 Å². The molecule has 0 heterocycles. The highest BCUT2D eigenvalue weighted by atomic mass is 16.5. The van der Waals surface area contributed by atoms with Gasteiger partial charge in [-0.1, -0.05) is 86.5 Å². The van der Waals surface area contributed by atoms with Gasteiger partial charge in [0.05, 0.1) is 5.56 Å². The lowest BCUT2D eigenvalue weighted by atomic mass is 9.84. The van der Waals surface area contributed by atoms with Crippen molar-refractivity contribution in [3.05, 3.63) is 96.1 Å². The molecule has 1 unspecified atom stereocenters. The van der Waals surface area contributed by atoms with Gasteiger partial charge in [0.1, 0.15) is 5.75 Å². The zero-order valence-corrected chi connectivity index (χ0v) is 17.5. The molecule has 0 amide bonds. The summed E-state index contributed by atoms with van der Waals surface area (Å²) in [4.78, 5) is 12.8. The van der Waals surface area contributed by atoms with Crippen LogP contribution >= 0.6 is 0 Å². The van der Waals surface area contributed by atoms with Crippen molar-refractivity contribution in [3.8, 4) is 16.9 Å². The second kappa shape index (κ2) is 9.58. The van der Waals surface area contributed by atoms with Crippen molar-refractivity contribution in [3.63, 3.8) is 0 Å². The molecule has 0 bridgehead atoms. The second-order valence-electron chi connectivity index (χ2n) is 7.99. The molecule has 1 aliphatic rings. The topological polar surface area (TPSA) is 26.3 Å². The van der Waals surface area contributed by atoms with E-state index in [1.54, 1.807) is 12.1 Å². The van der Waals surface area contributed by atoms with Gasteiger partial charge in [-0.25, -0.2) is 4.79 Å². The van der Waals surface area contributed by atoms with Gasteiger partial charge in [0.15, 0.2) is 0 Å². The molecule has 1 aliphatic carbocycles. The van der Waals surface area contributed by atoms with Crippen molar-refractivity contribution in [1.82, 2.24) is 0 Å². The van der Waals surface area contributed by atoms with Gasteiger partial charge >= 0.3 is 5.97 Å². The summed E-state index contributed by atoms with van der Waals surface area (Å²) in [6, 6.07) is 25.5. The normalized spacial score (nSPS) is 16.0. The van der Waals surface area contributed by atoms with Gasteiger partial charge in [0, 0.05) is 5.56 Å². The molecule has 3 aromatic rings. The summed E-state index contributed by atoms with van der Waals surface area (Å²) in [6.45, 7) is 2.26. The molecule has 0 saturated heterocycles. The lowest BCUT2D eigenvalue weighted by Gasteiger charge is -2.22. The summed E-state index contributed by atoms with van der Waals surface area (Å²) in [5.41, 5.74) is 5.05. The first-order chi connectivity index (χ1) is 14.7. The molecule has 0 fully saturated rings. The molecule has 2 nitrogen and oxygen atoms in total. The van der Waals surface area contributed by atoms with Gasteiger partial charge in [-0.05, 0) is 60.1 Å². The Bertz CT molecular complexity index is 1020. The summed E-state index contributed by atoms with van der Waals surface area (Å²) in [6.07, 6.45) is 8.39. The highest BCUT2D eigenvalue weighted by Crippen LogP contribution is 2.37. The van der Waals surface area contributed by atoms with Gasteiger partial charge in [0.2, 0.25) is 0 Å². The van der Waals surface area contributed by atoms with Crippen LogP contribution in [0.5, 0.6) is 5.75 Å². The van der Waals surface area contributed by atoms with E-state index in [9.17, 15) is 4.79 Å². The second-order valence-corrected chi connectivity index (χ2v) is 7.99. The monoisotopic (exact) mass is 396 g/mol. The summed E-state index contributed by atoms with van der Waals surface area (Å²) in [7, 11) is 0. The van der Waals surface area contributed by atoms with Crippen LogP contribution in [-0.4, -0.2) is 5.97 Å². The number of esters is 1. The molecule has 0 aromatic heterocycles. The minimum absolute atomic E-state index is 0.328. The minimum Gasteiger partial charge on any atom is -0.422 e. The fourth-order valence-corrected chi connectivity index (χ4v) is 4.22. The molecular formula is C28H28O2. The minimum atomic E-state index is -0.328. The fourth-order valence-electron chi connectivity index (χ4n) is 4.22.